The second-order valence-electron chi connectivity index (χ2n) is 6.25. The maximum absolute atomic E-state index is 12.7. The number of aromatic nitrogens is 2. The van der Waals surface area contributed by atoms with Crippen molar-refractivity contribution in [2.75, 3.05) is 24.9 Å². The van der Waals surface area contributed by atoms with E-state index >= 15 is 0 Å². The first kappa shape index (κ1) is 22.2. The van der Waals surface area contributed by atoms with Crippen molar-refractivity contribution in [3.05, 3.63) is 47.0 Å². The molecule has 0 bridgehead atoms. The number of ether oxygens (including phenoxy) is 2. The molecular formula is C20H21ClN4O3S2. The van der Waals surface area contributed by atoms with Crippen molar-refractivity contribution >= 4 is 57.1 Å². The number of methoxy groups -OCH3 is 2. The van der Waals surface area contributed by atoms with Crippen LogP contribution in [-0.2, 0) is 4.79 Å². The van der Waals surface area contributed by atoms with Gasteiger partial charge in [0.2, 0.25) is 11.0 Å². The minimum atomic E-state index is -0.391. The molecule has 0 spiro atoms. The highest BCUT2D eigenvalue weighted by Crippen LogP contribution is 2.34. The standard InChI is InChI=1S/C20H21ClN4O3S2/c1-11-9-15(17(28-4)10-13(11)21)22-18(26)12(2)29-20-25-24-19(30-20)23-14-7-5-6-8-16(14)27-3/h5-10,12H,1-4H3,(H,22,26)(H,23,24). The fourth-order valence-corrected chi connectivity index (χ4v) is 4.60. The fourth-order valence-electron chi connectivity index (χ4n) is 2.54. The first-order valence-corrected chi connectivity index (χ1v) is 11.0. The van der Waals surface area contributed by atoms with Crippen molar-refractivity contribution in [3.63, 3.8) is 0 Å². The predicted octanol–water partition coefficient (Wildman–Crippen LogP) is 5.38. The van der Waals surface area contributed by atoms with Gasteiger partial charge < -0.3 is 20.1 Å². The number of amides is 1. The number of nitrogens with one attached hydrogen (secondary N) is 2. The number of anilines is 3. The largest absolute Gasteiger partial charge is 0.495 e. The monoisotopic (exact) mass is 464 g/mol. The van der Waals surface area contributed by atoms with Gasteiger partial charge in [0.05, 0.1) is 30.8 Å². The van der Waals surface area contributed by atoms with Crippen LogP contribution in [0.1, 0.15) is 12.5 Å². The zero-order valence-electron chi connectivity index (χ0n) is 16.9. The first-order valence-electron chi connectivity index (χ1n) is 8.96. The van der Waals surface area contributed by atoms with Gasteiger partial charge >= 0.3 is 0 Å². The summed E-state index contributed by atoms with van der Waals surface area (Å²) in [5, 5.41) is 15.2. The smallest absolute Gasteiger partial charge is 0.237 e. The van der Waals surface area contributed by atoms with E-state index in [4.69, 9.17) is 21.1 Å². The number of thioether (sulfide) groups is 1. The number of halogens is 1. The summed E-state index contributed by atoms with van der Waals surface area (Å²) < 4.78 is 11.3. The number of carbonyl (C=O) groups excluding carboxylic acids is 1. The summed E-state index contributed by atoms with van der Waals surface area (Å²) in [5.41, 5.74) is 2.22. The average molecular weight is 465 g/mol. The summed E-state index contributed by atoms with van der Waals surface area (Å²) in [5.74, 6) is 1.05. The van der Waals surface area contributed by atoms with Gasteiger partial charge in [-0.2, -0.15) is 0 Å². The third-order valence-corrected chi connectivity index (χ3v) is 6.57. The molecule has 1 unspecified atom stereocenters. The van der Waals surface area contributed by atoms with Crippen LogP contribution in [-0.4, -0.2) is 35.6 Å². The third-order valence-electron chi connectivity index (χ3n) is 4.14. The van der Waals surface area contributed by atoms with Crippen LogP contribution < -0.4 is 20.1 Å². The van der Waals surface area contributed by atoms with Gasteiger partial charge in [-0.1, -0.05) is 46.8 Å². The first-order chi connectivity index (χ1) is 14.4. The highest BCUT2D eigenvalue weighted by atomic mass is 35.5. The number of hydrogen-bond acceptors (Lipinski definition) is 8. The molecular weight excluding hydrogens is 444 g/mol. The van der Waals surface area contributed by atoms with Gasteiger partial charge in [-0.15, -0.1) is 10.2 Å². The van der Waals surface area contributed by atoms with E-state index in [0.29, 0.717) is 31.7 Å². The van der Waals surface area contributed by atoms with Crippen molar-refractivity contribution in [1.82, 2.24) is 10.2 Å². The lowest BCUT2D eigenvalue weighted by atomic mass is 10.2. The van der Waals surface area contributed by atoms with Crippen LogP contribution in [0.2, 0.25) is 5.02 Å². The summed E-state index contributed by atoms with van der Waals surface area (Å²) in [6.07, 6.45) is 0. The number of hydrogen-bond donors (Lipinski definition) is 2. The van der Waals surface area contributed by atoms with Gasteiger partial charge in [-0.25, -0.2) is 0 Å². The molecule has 1 heterocycles. The molecule has 30 heavy (non-hydrogen) atoms. The van der Waals surface area contributed by atoms with E-state index in [0.717, 1.165) is 11.3 Å². The van der Waals surface area contributed by atoms with Gasteiger partial charge in [0, 0.05) is 11.1 Å². The van der Waals surface area contributed by atoms with Crippen LogP contribution in [0.4, 0.5) is 16.5 Å². The molecule has 3 rings (SSSR count). The maximum atomic E-state index is 12.7. The summed E-state index contributed by atoms with van der Waals surface area (Å²) in [4.78, 5) is 12.7. The molecule has 2 N–H and O–H groups in total. The Hall–Kier alpha value is -2.49. The average Bonchev–Trinajstić information content (AvgIpc) is 3.17. The number of nitrogens with zero attached hydrogens (tertiary/aromatic N) is 2. The summed E-state index contributed by atoms with van der Waals surface area (Å²) in [7, 11) is 3.14. The predicted molar refractivity (Wildman–Crippen MR) is 123 cm³/mol. The molecule has 1 amide bonds. The Kier molecular flexibility index (Phi) is 7.41. The Bertz CT molecular complexity index is 1040. The van der Waals surface area contributed by atoms with Crippen LogP contribution >= 0.6 is 34.7 Å². The topological polar surface area (TPSA) is 85.4 Å². The Balaban J connectivity index is 1.64. The Morgan fingerprint density at radius 2 is 1.87 bits per heavy atom. The molecule has 10 heteroatoms. The highest BCUT2D eigenvalue weighted by molar-refractivity contribution is 8.02. The van der Waals surface area contributed by atoms with E-state index < -0.39 is 5.25 Å². The van der Waals surface area contributed by atoms with Crippen LogP contribution in [0.3, 0.4) is 0 Å². The number of carbonyl (C=O) groups is 1. The van der Waals surface area contributed by atoms with Gasteiger partial charge in [-0.3, -0.25) is 4.79 Å². The SMILES string of the molecule is COc1cc(Cl)c(C)cc1NC(=O)C(C)Sc1nnc(Nc2ccccc2OC)s1. The second-order valence-corrected chi connectivity index (χ2v) is 9.22. The molecule has 0 aliphatic rings. The molecule has 2 aromatic carbocycles. The zero-order chi connectivity index (χ0) is 21.7. The molecule has 0 aliphatic carbocycles. The number of para-hydroxylation sites is 2. The number of benzene rings is 2. The van der Waals surface area contributed by atoms with E-state index in [9.17, 15) is 4.79 Å². The maximum Gasteiger partial charge on any atom is 0.237 e. The van der Waals surface area contributed by atoms with Crippen molar-refractivity contribution in [2.45, 2.75) is 23.4 Å². The minimum absolute atomic E-state index is 0.172. The van der Waals surface area contributed by atoms with Crippen LogP contribution in [0.15, 0.2) is 40.7 Å². The fraction of sp³-hybridized carbons (Fsp3) is 0.250. The molecule has 0 fully saturated rings. The highest BCUT2D eigenvalue weighted by Gasteiger charge is 2.19. The third kappa shape index (κ3) is 5.35. The second kappa shape index (κ2) is 10.0. The van der Waals surface area contributed by atoms with Gasteiger partial charge in [0.15, 0.2) is 4.34 Å². The van der Waals surface area contributed by atoms with Crippen LogP contribution in [0.5, 0.6) is 11.5 Å². The van der Waals surface area contributed by atoms with Crippen molar-refractivity contribution < 1.29 is 14.3 Å². The summed E-state index contributed by atoms with van der Waals surface area (Å²) in [6.45, 7) is 3.68. The van der Waals surface area contributed by atoms with Gasteiger partial charge in [0.25, 0.3) is 0 Å². The normalized spacial score (nSPS) is 11.6. The lowest BCUT2D eigenvalue weighted by molar-refractivity contribution is -0.115. The molecule has 1 atom stereocenters. The molecule has 0 saturated carbocycles. The number of rotatable bonds is 8. The van der Waals surface area contributed by atoms with E-state index in [1.807, 2.05) is 38.1 Å². The van der Waals surface area contributed by atoms with Gasteiger partial charge in [0.1, 0.15) is 11.5 Å². The summed E-state index contributed by atoms with van der Waals surface area (Å²) in [6, 6.07) is 11.0. The Morgan fingerprint density at radius 3 is 2.60 bits per heavy atom. The lowest BCUT2D eigenvalue weighted by Gasteiger charge is -2.14. The molecule has 158 valence electrons. The van der Waals surface area contributed by atoms with E-state index in [-0.39, 0.29) is 5.91 Å². The van der Waals surface area contributed by atoms with E-state index in [1.54, 1.807) is 19.2 Å². The molecule has 0 saturated heterocycles. The molecule has 0 radical (unpaired) electrons. The number of aryl methyl sites for hydroxylation is 1. The molecule has 7 nitrogen and oxygen atoms in total. The minimum Gasteiger partial charge on any atom is -0.495 e. The van der Waals surface area contributed by atoms with Crippen molar-refractivity contribution in [2.24, 2.45) is 0 Å². The zero-order valence-corrected chi connectivity index (χ0v) is 19.2. The molecule has 1 aromatic heterocycles. The van der Waals surface area contributed by atoms with Gasteiger partial charge in [-0.05, 0) is 37.6 Å². The Morgan fingerprint density at radius 1 is 1.13 bits per heavy atom. The van der Waals surface area contributed by atoms with Crippen molar-refractivity contribution in [3.8, 4) is 11.5 Å². The quantitative estimate of drug-likeness (QED) is 0.433. The molecule has 0 aliphatic heterocycles. The van der Waals surface area contributed by atoms with Crippen LogP contribution in [0.25, 0.3) is 0 Å². The summed E-state index contributed by atoms with van der Waals surface area (Å²) >= 11 is 8.82. The van der Waals surface area contributed by atoms with E-state index in [2.05, 4.69) is 20.8 Å². The molecule has 3 aromatic rings. The lowest BCUT2D eigenvalue weighted by Crippen LogP contribution is -2.22. The Labute approximate surface area is 188 Å². The van der Waals surface area contributed by atoms with E-state index in [1.165, 1.54) is 30.2 Å². The van der Waals surface area contributed by atoms with Crippen molar-refractivity contribution in [1.29, 1.82) is 0 Å². The van der Waals surface area contributed by atoms with Crippen LogP contribution in [0, 0.1) is 6.92 Å².